The summed E-state index contributed by atoms with van der Waals surface area (Å²) in [6, 6.07) is 7.19. The average Bonchev–Trinajstić information content (AvgIpc) is 2.45. The molecular weight excluding hydrogens is 369 g/mol. The van der Waals surface area contributed by atoms with Gasteiger partial charge in [-0.05, 0) is 53.5 Å². The molecule has 1 aliphatic rings. The second-order valence-electron chi connectivity index (χ2n) is 5.14. The third-order valence-corrected chi connectivity index (χ3v) is 4.37. The summed E-state index contributed by atoms with van der Waals surface area (Å²) in [5.41, 5.74) is 0.507. The highest BCUT2D eigenvalue weighted by molar-refractivity contribution is 14.1. The number of hydrogen-bond acceptors (Lipinski definition) is 3. The molecule has 108 valence electrons. The summed E-state index contributed by atoms with van der Waals surface area (Å²) in [6.07, 6.45) is 2.18. The molecule has 1 aromatic rings. The number of ether oxygens (including phenoxy) is 1. The van der Waals surface area contributed by atoms with Crippen LogP contribution in [-0.2, 0) is 9.53 Å². The minimum absolute atomic E-state index is 0.101. The summed E-state index contributed by atoms with van der Waals surface area (Å²) < 4.78 is 5.95. The Bertz CT molecular complexity index is 504. The molecule has 1 atom stereocenters. The molecule has 0 aromatic heterocycles. The number of rotatable bonds is 3. The van der Waals surface area contributed by atoms with Gasteiger partial charge in [0.25, 0.3) is 5.91 Å². The Morgan fingerprint density at radius 1 is 1.40 bits per heavy atom. The van der Waals surface area contributed by atoms with Crippen molar-refractivity contribution in [1.29, 1.82) is 0 Å². The molecule has 1 heterocycles. The van der Waals surface area contributed by atoms with Crippen molar-refractivity contribution in [2.75, 3.05) is 19.7 Å². The Labute approximate surface area is 132 Å². The van der Waals surface area contributed by atoms with Gasteiger partial charge in [-0.3, -0.25) is 4.79 Å². The standard InChI is InChI=1S/C15H18INO3/c1-11-5-4-8-17(9-11)14(18)10-20-15(19)12-6-2-3-7-13(12)16/h2-3,6-7,11H,4-5,8-10H2,1H3/t11-/m1/s1. The Hall–Kier alpha value is -1.11. The lowest BCUT2D eigenvalue weighted by Gasteiger charge is -2.30. The second-order valence-corrected chi connectivity index (χ2v) is 6.31. The van der Waals surface area contributed by atoms with Gasteiger partial charge in [0.2, 0.25) is 0 Å². The van der Waals surface area contributed by atoms with Gasteiger partial charge < -0.3 is 9.64 Å². The van der Waals surface area contributed by atoms with Crippen molar-refractivity contribution in [1.82, 2.24) is 4.90 Å². The van der Waals surface area contributed by atoms with Crippen LogP contribution in [0, 0.1) is 9.49 Å². The molecule has 1 aliphatic heterocycles. The van der Waals surface area contributed by atoms with Crippen molar-refractivity contribution in [3.8, 4) is 0 Å². The number of esters is 1. The normalized spacial score (nSPS) is 18.7. The second kappa shape index (κ2) is 7.06. The number of amides is 1. The quantitative estimate of drug-likeness (QED) is 0.592. The van der Waals surface area contributed by atoms with Crippen LogP contribution in [0.25, 0.3) is 0 Å². The number of carbonyl (C=O) groups excluding carboxylic acids is 2. The predicted molar refractivity (Wildman–Crippen MR) is 84.4 cm³/mol. The van der Waals surface area contributed by atoms with E-state index in [1.165, 1.54) is 0 Å². The molecule has 4 nitrogen and oxygen atoms in total. The van der Waals surface area contributed by atoms with E-state index in [0.29, 0.717) is 11.5 Å². The van der Waals surface area contributed by atoms with Crippen molar-refractivity contribution >= 4 is 34.5 Å². The molecule has 20 heavy (non-hydrogen) atoms. The fourth-order valence-corrected chi connectivity index (χ4v) is 2.95. The summed E-state index contributed by atoms with van der Waals surface area (Å²) in [5.74, 6) is -0.0114. The zero-order valence-corrected chi connectivity index (χ0v) is 13.6. The van der Waals surface area contributed by atoms with Crippen LogP contribution in [0.2, 0.25) is 0 Å². The number of carbonyl (C=O) groups is 2. The van der Waals surface area contributed by atoms with Gasteiger partial charge >= 0.3 is 5.97 Å². The van der Waals surface area contributed by atoms with Crippen molar-refractivity contribution < 1.29 is 14.3 Å². The molecule has 0 N–H and O–H groups in total. The van der Waals surface area contributed by atoms with Crippen molar-refractivity contribution in [2.45, 2.75) is 19.8 Å². The van der Waals surface area contributed by atoms with Crippen molar-refractivity contribution in [2.24, 2.45) is 5.92 Å². The van der Waals surface area contributed by atoms with Crippen molar-refractivity contribution in [3.05, 3.63) is 33.4 Å². The molecule has 0 aliphatic carbocycles. The molecule has 0 radical (unpaired) electrons. The summed E-state index contributed by atoms with van der Waals surface area (Å²) >= 11 is 2.08. The van der Waals surface area contributed by atoms with Crippen LogP contribution in [0.15, 0.2) is 24.3 Å². The lowest BCUT2D eigenvalue weighted by atomic mass is 10.0. The van der Waals surface area contributed by atoms with Crippen LogP contribution in [0.5, 0.6) is 0 Å². The Kier molecular flexibility index (Phi) is 5.39. The van der Waals surface area contributed by atoms with Gasteiger partial charge in [-0.2, -0.15) is 0 Å². The highest BCUT2D eigenvalue weighted by atomic mass is 127. The van der Waals surface area contributed by atoms with Gasteiger partial charge in [0, 0.05) is 16.7 Å². The fourth-order valence-electron chi connectivity index (χ4n) is 2.34. The van der Waals surface area contributed by atoms with Crippen molar-refractivity contribution in [3.63, 3.8) is 0 Å². The van der Waals surface area contributed by atoms with Crippen LogP contribution in [-0.4, -0.2) is 36.5 Å². The predicted octanol–water partition coefficient (Wildman–Crippen LogP) is 2.71. The van der Waals surface area contributed by atoms with Crippen LogP contribution in [0.4, 0.5) is 0 Å². The van der Waals surface area contributed by atoms with Crippen LogP contribution in [0.3, 0.4) is 0 Å². The molecule has 1 amide bonds. The van der Waals surface area contributed by atoms with E-state index in [1.807, 2.05) is 12.1 Å². The Morgan fingerprint density at radius 2 is 2.15 bits per heavy atom. The molecule has 1 aromatic carbocycles. The Balaban J connectivity index is 1.87. The van der Waals surface area contributed by atoms with Crippen LogP contribution < -0.4 is 0 Å². The minimum Gasteiger partial charge on any atom is -0.452 e. The first-order valence-electron chi connectivity index (χ1n) is 6.77. The maximum Gasteiger partial charge on any atom is 0.339 e. The highest BCUT2D eigenvalue weighted by Gasteiger charge is 2.22. The molecule has 0 saturated carbocycles. The van der Waals surface area contributed by atoms with E-state index in [4.69, 9.17) is 4.74 Å². The fraction of sp³-hybridized carbons (Fsp3) is 0.467. The summed E-state index contributed by atoms with van der Waals surface area (Å²) in [6.45, 7) is 3.50. The maximum atomic E-state index is 12.0. The van der Waals surface area contributed by atoms with E-state index in [0.717, 1.165) is 29.5 Å². The molecule has 5 heteroatoms. The largest absolute Gasteiger partial charge is 0.452 e. The van der Waals surface area contributed by atoms with Crippen LogP contribution >= 0.6 is 22.6 Å². The van der Waals surface area contributed by atoms with Gasteiger partial charge in [-0.15, -0.1) is 0 Å². The first-order valence-corrected chi connectivity index (χ1v) is 7.85. The highest BCUT2D eigenvalue weighted by Crippen LogP contribution is 2.16. The summed E-state index contributed by atoms with van der Waals surface area (Å²) in [5, 5.41) is 0. The number of benzene rings is 1. The van der Waals surface area contributed by atoms with E-state index in [9.17, 15) is 9.59 Å². The molecule has 1 saturated heterocycles. The topological polar surface area (TPSA) is 46.6 Å². The molecular formula is C15H18INO3. The van der Waals surface area contributed by atoms with E-state index in [-0.39, 0.29) is 12.5 Å². The van der Waals surface area contributed by atoms with Crippen LogP contribution in [0.1, 0.15) is 30.1 Å². The van der Waals surface area contributed by atoms with E-state index >= 15 is 0 Å². The number of halogens is 1. The molecule has 2 rings (SSSR count). The lowest BCUT2D eigenvalue weighted by Crippen LogP contribution is -2.41. The smallest absolute Gasteiger partial charge is 0.339 e. The number of hydrogen-bond donors (Lipinski definition) is 0. The number of piperidine rings is 1. The third-order valence-electron chi connectivity index (χ3n) is 3.43. The van der Waals surface area contributed by atoms with Gasteiger partial charge in [0.15, 0.2) is 6.61 Å². The molecule has 1 fully saturated rings. The van der Waals surface area contributed by atoms with E-state index in [2.05, 4.69) is 29.5 Å². The third kappa shape index (κ3) is 3.94. The monoisotopic (exact) mass is 387 g/mol. The number of nitrogens with zero attached hydrogens (tertiary/aromatic N) is 1. The summed E-state index contributed by atoms with van der Waals surface area (Å²) in [7, 11) is 0. The Morgan fingerprint density at radius 3 is 2.85 bits per heavy atom. The van der Waals surface area contributed by atoms with Gasteiger partial charge in [0.05, 0.1) is 5.56 Å². The first-order chi connectivity index (χ1) is 9.58. The zero-order valence-electron chi connectivity index (χ0n) is 11.5. The molecule has 0 spiro atoms. The SMILES string of the molecule is C[C@@H]1CCCN(C(=O)COC(=O)c2ccccc2I)C1. The van der Waals surface area contributed by atoms with Gasteiger partial charge in [-0.1, -0.05) is 19.1 Å². The molecule has 0 unspecified atom stereocenters. The van der Waals surface area contributed by atoms with Gasteiger partial charge in [-0.25, -0.2) is 4.79 Å². The van der Waals surface area contributed by atoms with Gasteiger partial charge in [0.1, 0.15) is 0 Å². The van der Waals surface area contributed by atoms with E-state index < -0.39 is 5.97 Å². The molecule has 0 bridgehead atoms. The average molecular weight is 387 g/mol. The number of likely N-dealkylation sites (tertiary alicyclic amines) is 1. The first kappa shape index (κ1) is 15.3. The zero-order chi connectivity index (χ0) is 14.5. The lowest BCUT2D eigenvalue weighted by molar-refractivity contribution is -0.136. The van der Waals surface area contributed by atoms with E-state index in [1.54, 1.807) is 17.0 Å². The maximum absolute atomic E-state index is 12.0. The summed E-state index contributed by atoms with van der Waals surface area (Å²) in [4.78, 5) is 25.7. The minimum atomic E-state index is -0.437.